The Bertz CT molecular complexity index is 614. The molecule has 0 saturated heterocycles. The van der Waals surface area contributed by atoms with E-state index in [4.69, 9.17) is 5.26 Å². The molecule has 0 radical (unpaired) electrons. The Hall–Kier alpha value is -2.34. The first-order valence-electron chi connectivity index (χ1n) is 6.19. The van der Waals surface area contributed by atoms with E-state index in [2.05, 4.69) is 24.4 Å². The minimum absolute atomic E-state index is 0.0762. The minimum Gasteiger partial charge on any atom is -0.384 e. The molecule has 0 aliphatic carbocycles. The van der Waals surface area contributed by atoms with Crippen molar-refractivity contribution in [2.75, 3.05) is 11.9 Å². The number of nitrogens with zero attached hydrogens (tertiary/aromatic N) is 1. The summed E-state index contributed by atoms with van der Waals surface area (Å²) < 4.78 is 13.4. The highest BCUT2D eigenvalue weighted by Gasteiger charge is 2.06. The van der Waals surface area contributed by atoms with Crippen molar-refractivity contribution < 1.29 is 4.39 Å². The number of hydrogen-bond acceptors (Lipinski definition) is 2. The van der Waals surface area contributed by atoms with Gasteiger partial charge in [0, 0.05) is 6.54 Å². The van der Waals surface area contributed by atoms with Gasteiger partial charge in [-0.15, -0.1) is 0 Å². The highest BCUT2D eigenvalue weighted by Crippen LogP contribution is 2.18. The number of aryl methyl sites for hydroxylation is 1. The number of halogens is 1. The zero-order valence-electron chi connectivity index (χ0n) is 10.8. The molecule has 2 nitrogen and oxygen atoms in total. The van der Waals surface area contributed by atoms with Crippen molar-refractivity contribution in [2.45, 2.75) is 13.3 Å². The Balaban J connectivity index is 2.03. The first kappa shape index (κ1) is 13.1. The summed E-state index contributed by atoms with van der Waals surface area (Å²) in [4.78, 5) is 0. The quantitative estimate of drug-likeness (QED) is 0.903. The largest absolute Gasteiger partial charge is 0.384 e. The predicted octanol–water partition coefficient (Wildman–Crippen LogP) is 3.66. The Labute approximate surface area is 112 Å². The molecule has 0 heterocycles. The van der Waals surface area contributed by atoms with Crippen LogP contribution in [0.3, 0.4) is 0 Å². The number of rotatable bonds is 4. The molecule has 3 heteroatoms. The molecule has 1 N–H and O–H groups in total. The second-order valence-electron chi connectivity index (χ2n) is 4.38. The lowest BCUT2D eigenvalue weighted by molar-refractivity contribution is 0.624. The fourth-order valence-corrected chi connectivity index (χ4v) is 2.01. The van der Waals surface area contributed by atoms with Crippen molar-refractivity contribution in [3.8, 4) is 6.07 Å². The molecule has 0 bridgehead atoms. The van der Waals surface area contributed by atoms with Gasteiger partial charge in [-0.3, -0.25) is 0 Å². The molecule has 19 heavy (non-hydrogen) atoms. The molecule has 0 aliphatic rings. The lowest BCUT2D eigenvalue weighted by atomic mass is 10.1. The van der Waals surface area contributed by atoms with Gasteiger partial charge in [0.1, 0.15) is 17.4 Å². The number of benzene rings is 2. The first-order chi connectivity index (χ1) is 9.22. The summed E-state index contributed by atoms with van der Waals surface area (Å²) in [5.41, 5.74) is 3.12. The third-order valence-corrected chi connectivity index (χ3v) is 3.10. The van der Waals surface area contributed by atoms with Crippen molar-refractivity contribution >= 4 is 5.69 Å². The van der Waals surface area contributed by atoms with E-state index >= 15 is 0 Å². The molecule has 0 unspecified atom stereocenters. The van der Waals surface area contributed by atoms with Gasteiger partial charge in [-0.05, 0) is 36.6 Å². The normalized spacial score (nSPS) is 9.95. The number of nitriles is 1. The van der Waals surface area contributed by atoms with Crippen LogP contribution in [0.1, 0.15) is 16.7 Å². The van der Waals surface area contributed by atoms with Crippen LogP contribution in [0.2, 0.25) is 0 Å². The Morgan fingerprint density at radius 1 is 1.16 bits per heavy atom. The maximum absolute atomic E-state index is 13.4. The van der Waals surface area contributed by atoms with Crippen LogP contribution in [0.25, 0.3) is 0 Å². The molecule has 2 aromatic rings. The molecule has 2 rings (SSSR count). The average Bonchev–Trinajstić information content (AvgIpc) is 2.41. The van der Waals surface area contributed by atoms with E-state index in [9.17, 15) is 4.39 Å². The zero-order valence-corrected chi connectivity index (χ0v) is 10.8. The van der Waals surface area contributed by atoms with Crippen LogP contribution >= 0.6 is 0 Å². The third-order valence-electron chi connectivity index (χ3n) is 3.10. The SMILES string of the molecule is Cc1ccccc1CCNc1cccc(F)c1C#N. The topological polar surface area (TPSA) is 35.8 Å². The van der Waals surface area contributed by atoms with Gasteiger partial charge < -0.3 is 5.32 Å². The molecular formula is C16H15FN2. The molecule has 0 aromatic heterocycles. The van der Waals surface area contributed by atoms with Gasteiger partial charge >= 0.3 is 0 Å². The van der Waals surface area contributed by atoms with E-state index in [0.717, 1.165) is 6.42 Å². The average molecular weight is 254 g/mol. The summed E-state index contributed by atoms with van der Waals surface area (Å²) in [6, 6.07) is 14.7. The van der Waals surface area contributed by atoms with Crippen LogP contribution in [0.15, 0.2) is 42.5 Å². The first-order valence-corrected chi connectivity index (χ1v) is 6.19. The van der Waals surface area contributed by atoms with Crippen molar-refractivity contribution in [3.05, 3.63) is 65.0 Å². The van der Waals surface area contributed by atoms with E-state index in [1.807, 2.05) is 18.2 Å². The van der Waals surface area contributed by atoms with Crippen molar-refractivity contribution in [3.63, 3.8) is 0 Å². The second-order valence-corrected chi connectivity index (χ2v) is 4.38. The Kier molecular flexibility index (Phi) is 4.15. The molecular weight excluding hydrogens is 239 g/mol. The fraction of sp³-hybridized carbons (Fsp3) is 0.188. The monoisotopic (exact) mass is 254 g/mol. The van der Waals surface area contributed by atoms with Crippen molar-refractivity contribution in [1.82, 2.24) is 0 Å². The summed E-state index contributed by atoms with van der Waals surface area (Å²) in [6.45, 7) is 2.74. The number of nitrogens with one attached hydrogen (secondary N) is 1. The summed E-state index contributed by atoms with van der Waals surface area (Å²) in [7, 11) is 0. The lowest BCUT2D eigenvalue weighted by Crippen LogP contribution is -2.07. The molecule has 0 amide bonds. The summed E-state index contributed by atoms with van der Waals surface area (Å²) >= 11 is 0. The molecule has 0 aliphatic heterocycles. The highest BCUT2D eigenvalue weighted by atomic mass is 19.1. The highest BCUT2D eigenvalue weighted by molar-refractivity contribution is 5.57. The van der Waals surface area contributed by atoms with Crippen LogP contribution < -0.4 is 5.32 Å². The molecule has 0 fully saturated rings. The van der Waals surface area contributed by atoms with Crippen LogP contribution in [-0.2, 0) is 6.42 Å². The maximum Gasteiger partial charge on any atom is 0.143 e. The molecule has 0 atom stereocenters. The maximum atomic E-state index is 13.4. The zero-order chi connectivity index (χ0) is 13.7. The Morgan fingerprint density at radius 3 is 2.68 bits per heavy atom. The summed E-state index contributed by atoms with van der Waals surface area (Å²) in [5, 5.41) is 12.0. The second kappa shape index (κ2) is 6.01. The van der Waals surface area contributed by atoms with Gasteiger partial charge in [0.25, 0.3) is 0 Å². The van der Waals surface area contributed by atoms with E-state index in [1.165, 1.54) is 17.2 Å². The molecule has 0 spiro atoms. The van der Waals surface area contributed by atoms with Crippen LogP contribution in [0, 0.1) is 24.1 Å². The smallest absolute Gasteiger partial charge is 0.143 e. The van der Waals surface area contributed by atoms with Crippen molar-refractivity contribution in [1.29, 1.82) is 5.26 Å². The van der Waals surface area contributed by atoms with E-state index in [-0.39, 0.29) is 5.56 Å². The third kappa shape index (κ3) is 3.11. The lowest BCUT2D eigenvalue weighted by Gasteiger charge is -2.10. The van der Waals surface area contributed by atoms with Gasteiger partial charge in [0.2, 0.25) is 0 Å². The van der Waals surface area contributed by atoms with Gasteiger partial charge in [0.05, 0.1) is 5.69 Å². The van der Waals surface area contributed by atoms with Gasteiger partial charge in [-0.2, -0.15) is 5.26 Å². The van der Waals surface area contributed by atoms with E-state index in [1.54, 1.807) is 12.1 Å². The van der Waals surface area contributed by atoms with Crippen LogP contribution in [0.4, 0.5) is 10.1 Å². The fourth-order valence-electron chi connectivity index (χ4n) is 2.01. The van der Waals surface area contributed by atoms with Gasteiger partial charge in [-0.1, -0.05) is 30.3 Å². The molecule has 2 aromatic carbocycles. The molecule has 96 valence electrons. The molecule has 0 saturated carbocycles. The standard InChI is InChI=1S/C16H15FN2/c1-12-5-2-3-6-13(12)9-10-19-16-8-4-7-15(17)14(16)11-18/h2-8,19H,9-10H2,1H3. The van der Waals surface area contributed by atoms with E-state index in [0.29, 0.717) is 12.2 Å². The van der Waals surface area contributed by atoms with Crippen LogP contribution in [-0.4, -0.2) is 6.54 Å². The predicted molar refractivity (Wildman–Crippen MR) is 74.5 cm³/mol. The Morgan fingerprint density at radius 2 is 1.95 bits per heavy atom. The van der Waals surface area contributed by atoms with E-state index < -0.39 is 5.82 Å². The summed E-state index contributed by atoms with van der Waals surface area (Å²) in [5.74, 6) is -0.483. The summed E-state index contributed by atoms with van der Waals surface area (Å²) in [6.07, 6.45) is 0.841. The van der Waals surface area contributed by atoms with Crippen LogP contribution in [0.5, 0.6) is 0 Å². The number of hydrogen-bond donors (Lipinski definition) is 1. The number of anilines is 1. The van der Waals surface area contributed by atoms with Crippen molar-refractivity contribution in [2.24, 2.45) is 0 Å². The minimum atomic E-state index is -0.483. The van der Waals surface area contributed by atoms with Gasteiger partial charge in [-0.25, -0.2) is 4.39 Å². The van der Waals surface area contributed by atoms with Gasteiger partial charge in [0.15, 0.2) is 0 Å².